The maximum Gasteiger partial charge on any atom is 0.392 e. The van der Waals surface area contributed by atoms with Crippen LogP contribution in [0.2, 0.25) is 0 Å². The Morgan fingerprint density at radius 2 is 1.24 bits per heavy atom. The molecular formula is C27H26F2O4S. The second kappa shape index (κ2) is 10.7. The number of alkyl halides is 2. The van der Waals surface area contributed by atoms with E-state index in [1.54, 1.807) is 91.0 Å². The zero-order chi connectivity index (χ0) is 24.8. The molecule has 3 aromatic rings. The molecule has 0 radical (unpaired) electrons. The zero-order valence-corrected chi connectivity index (χ0v) is 19.8. The molecule has 3 rings (SSSR count). The van der Waals surface area contributed by atoms with E-state index in [0.29, 0.717) is 14.7 Å². The number of halogens is 2. The van der Waals surface area contributed by atoms with Crippen LogP contribution < -0.4 is 0 Å². The molecule has 0 aliphatic heterocycles. The van der Waals surface area contributed by atoms with E-state index in [2.05, 4.69) is 6.58 Å². The second-order valence-corrected chi connectivity index (χ2v) is 10.3. The van der Waals surface area contributed by atoms with Crippen LogP contribution in [0.1, 0.15) is 20.3 Å². The Kier molecular flexibility index (Phi) is 7.89. The van der Waals surface area contributed by atoms with E-state index in [-0.39, 0.29) is 12.0 Å². The van der Waals surface area contributed by atoms with Gasteiger partial charge in [0.15, 0.2) is 6.10 Å². The normalized spacial score (nSPS) is 12.9. The maximum absolute atomic E-state index is 15.4. The van der Waals surface area contributed by atoms with Gasteiger partial charge in [-0.2, -0.15) is 8.78 Å². The van der Waals surface area contributed by atoms with Crippen molar-refractivity contribution in [1.29, 1.82) is 0 Å². The van der Waals surface area contributed by atoms with Crippen molar-refractivity contribution in [2.45, 2.75) is 47.0 Å². The van der Waals surface area contributed by atoms with Crippen molar-refractivity contribution in [2.75, 3.05) is 0 Å². The number of hydrogen-bond acceptors (Lipinski definition) is 4. The third kappa shape index (κ3) is 5.04. The summed E-state index contributed by atoms with van der Waals surface area (Å²) in [5.41, 5.74) is -0.0413. The van der Waals surface area contributed by atoms with Gasteiger partial charge in [-0.25, -0.2) is 9.59 Å². The van der Waals surface area contributed by atoms with Crippen molar-refractivity contribution in [3.8, 4) is 0 Å². The van der Waals surface area contributed by atoms with Gasteiger partial charge in [0.1, 0.15) is 0 Å². The Balaban J connectivity index is 2.15. The van der Waals surface area contributed by atoms with Crippen LogP contribution in [0, 0.1) is 0 Å². The maximum atomic E-state index is 15.4. The Labute approximate surface area is 199 Å². The average molecular weight is 485 g/mol. The van der Waals surface area contributed by atoms with E-state index in [1.165, 1.54) is 13.8 Å². The van der Waals surface area contributed by atoms with Crippen molar-refractivity contribution < 1.29 is 27.3 Å². The summed E-state index contributed by atoms with van der Waals surface area (Å²) in [6.45, 7) is 6.17. The topological polar surface area (TPSA) is 52.6 Å². The predicted octanol–water partition coefficient (Wildman–Crippen LogP) is 6.96. The number of carbonyl (C=O) groups excluding carboxylic acids is 2. The summed E-state index contributed by atoms with van der Waals surface area (Å²) in [7, 11) is -2.89. The Morgan fingerprint density at radius 3 is 1.56 bits per heavy atom. The molecule has 34 heavy (non-hydrogen) atoms. The van der Waals surface area contributed by atoms with Crippen molar-refractivity contribution in [1.82, 2.24) is 0 Å². The first-order chi connectivity index (χ1) is 16.2. The van der Waals surface area contributed by atoms with Gasteiger partial charge in [0.25, 0.3) is 0 Å². The van der Waals surface area contributed by atoms with E-state index in [9.17, 15) is 9.59 Å². The summed E-state index contributed by atoms with van der Waals surface area (Å²) in [6.07, 6.45) is -2.28. The number of ether oxygens (including phenoxy) is 1. The number of benzene rings is 3. The molecule has 0 bridgehead atoms. The third-order valence-corrected chi connectivity index (χ3v) is 8.28. The molecule has 1 atom stereocenters. The minimum Gasteiger partial charge on any atom is -0.452 e. The van der Waals surface area contributed by atoms with Crippen molar-refractivity contribution >= 4 is 22.2 Å². The molecule has 0 aliphatic rings. The summed E-state index contributed by atoms with van der Waals surface area (Å²) in [5.74, 6) is -6.84. The van der Waals surface area contributed by atoms with Gasteiger partial charge < -0.3 is 8.92 Å². The van der Waals surface area contributed by atoms with Crippen LogP contribution in [0.4, 0.5) is 8.78 Å². The van der Waals surface area contributed by atoms with Crippen molar-refractivity contribution in [3.05, 3.63) is 103 Å². The summed E-state index contributed by atoms with van der Waals surface area (Å²) < 4.78 is 41.6. The molecular weight excluding hydrogens is 458 g/mol. The first-order valence-corrected chi connectivity index (χ1v) is 12.3. The molecule has 178 valence electrons. The highest BCUT2D eigenvalue weighted by Gasteiger charge is 2.53. The summed E-state index contributed by atoms with van der Waals surface area (Å²) in [6, 6.07) is 26.5. The Hall–Kier alpha value is -3.45. The highest BCUT2D eigenvalue weighted by molar-refractivity contribution is 8.30. The highest BCUT2D eigenvalue weighted by atomic mass is 32.3. The SMILES string of the molecule is C=C(C)C(=O)OC(CC)C(F)(F)C(=O)OS(c1ccccc1)(c1ccccc1)c1ccccc1. The standard InChI is InChI=1S/C27H26F2O4S/c1-4-24(32-25(30)20(2)3)27(28,29)26(31)33-34(21-14-8-5-9-15-21,22-16-10-6-11-17-22)23-18-12-7-13-19-23/h5-19,24H,2,4H2,1,3H3. The van der Waals surface area contributed by atoms with Gasteiger partial charge in [-0.3, -0.25) is 0 Å². The van der Waals surface area contributed by atoms with Crippen LogP contribution in [0.3, 0.4) is 0 Å². The number of carbonyl (C=O) groups is 2. The van der Waals surface area contributed by atoms with Gasteiger partial charge in [-0.15, -0.1) is 0 Å². The molecule has 7 heteroatoms. The lowest BCUT2D eigenvalue weighted by Crippen LogP contribution is -2.45. The molecule has 0 aromatic heterocycles. The smallest absolute Gasteiger partial charge is 0.392 e. The summed E-state index contributed by atoms with van der Waals surface area (Å²) in [4.78, 5) is 26.8. The monoisotopic (exact) mass is 484 g/mol. The molecule has 0 saturated heterocycles. The van der Waals surface area contributed by atoms with Gasteiger partial charge >= 0.3 is 17.9 Å². The first kappa shape index (κ1) is 25.2. The predicted molar refractivity (Wildman–Crippen MR) is 128 cm³/mol. The van der Waals surface area contributed by atoms with Crippen LogP contribution in [0.5, 0.6) is 0 Å². The molecule has 0 amide bonds. The molecule has 0 N–H and O–H groups in total. The Bertz CT molecular complexity index is 1040. The van der Waals surface area contributed by atoms with Gasteiger partial charge in [0.05, 0.1) is 0 Å². The van der Waals surface area contributed by atoms with Crippen LogP contribution in [-0.4, -0.2) is 24.0 Å². The van der Waals surface area contributed by atoms with Crippen molar-refractivity contribution in [3.63, 3.8) is 0 Å². The number of rotatable bonds is 9. The minimum absolute atomic E-state index is 0.0413. The average Bonchev–Trinajstić information content (AvgIpc) is 2.86. The van der Waals surface area contributed by atoms with E-state index < -0.39 is 34.3 Å². The van der Waals surface area contributed by atoms with Gasteiger partial charge in [0, 0.05) is 20.3 Å². The van der Waals surface area contributed by atoms with Crippen LogP contribution in [0.15, 0.2) is 118 Å². The largest absolute Gasteiger partial charge is 0.452 e. The zero-order valence-electron chi connectivity index (χ0n) is 18.9. The number of esters is 1. The highest BCUT2D eigenvalue weighted by Crippen LogP contribution is 2.69. The molecule has 0 fully saturated rings. The lowest BCUT2D eigenvalue weighted by molar-refractivity contribution is -0.189. The van der Waals surface area contributed by atoms with Gasteiger partial charge in [-0.05, 0) is 60.1 Å². The molecule has 0 aliphatic carbocycles. The second-order valence-electron chi connectivity index (χ2n) is 7.57. The van der Waals surface area contributed by atoms with Gasteiger partial charge in [0.2, 0.25) is 0 Å². The summed E-state index contributed by atoms with van der Waals surface area (Å²) in [5, 5.41) is 0. The third-order valence-electron chi connectivity index (χ3n) is 5.07. The van der Waals surface area contributed by atoms with E-state index in [1.807, 2.05) is 0 Å². The first-order valence-electron chi connectivity index (χ1n) is 10.7. The quantitative estimate of drug-likeness (QED) is 0.243. The molecule has 0 saturated carbocycles. The van der Waals surface area contributed by atoms with E-state index >= 15 is 8.78 Å². The van der Waals surface area contributed by atoms with Crippen LogP contribution >= 0.6 is 10.3 Å². The van der Waals surface area contributed by atoms with Crippen molar-refractivity contribution in [2.24, 2.45) is 0 Å². The van der Waals surface area contributed by atoms with E-state index in [0.717, 1.165) is 0 Å². The lowest BCUT2D eigenvalue weighted by Gasteiger charge is -2.41. The number of hydrogen-bond donors (Lipinski definition) is 0. The van der Waals surface area contributed by atoms with Crippen LogP contribution in [-0.2, 0) is 18.5 Å². The fourth-order valence-corrected chi connectivity index (χ4v) is 6.40. The Morgan fingerprint density at radius 1 is 0.853 bits per heavy atom. The molecule has 4 nitrogen and oxygen atoms in total. The van der Waals surface area contributed by atoms with Crippen LogP contribution in [0.25, 0.3) is 0 Å². The van der Waals surface area contributed by atoms with Gasteiger partial charge in [-0.1, -0.05) is 68.1 Å². The minimum atomic E-state index is -4.09. The molecule has 1 unspecified atom stereocenters. The summed E-state index contributed by atoms with van der Waals surface area (Å²) >= 11 is 0. The van der Waals surface area contributed by atoms with E-state index in [4.69, 9.17) is 8.92 Å². The molecule has 0 heterocycles. The fraction of sp³-hybridized carbons (Fsp3) is 0.185. The molecule has 3 aromatic carbocycles. The fourth-order valence-electron chi connectivity index (χ4n) is 3.33. The molecule has 0 spiro atoms. The lowest BCUT2D eigenvalue weighted by atomic mass is 10.1.